The third kappa shape index (κ3) is 2.70. The summed E-state index contributed by atoms with van der Waals surface area (Å²) in [4.78, 5) is 4.90. The molecule has 0 aliphatic carbocycles. The van der Waals surface area contributed by atoms with Crippen molar-refractivity contribution in [2.24, 2.45) is 0 Å². The Morgan fingerprint density at radius 1 is 1.24 bits per heavy atom. The fourth-order valence-corrected chi connectivity index (χ4v) is 1.99. The van der Waals surface area contributed by atoms with Gasteiger partial charge in [-0.1, -0.05) is 13.8 Å². The maximum Gasteiger partial charge on any atom is 0.161 e. The highest BCUT2D eigenvalue weighted by atomic mass is 16.6. The molecule has 4 heteroatoms. The maximum absolute atomic E-state index is 5.60. The fraction of sp³-hybridized carbons (Fsp3) is 0.538. The molecule has 0 unspecified atom stereocenters. The van der Waals surface area contributed by atoms with Gasteiger partial charge in [-0.3, -0.25) is 0 Å². The van der Waals surface area contributed by atoms with Crippen molar-refractivity contribution in [3.05, 3.63) is 23.3 Å². The Labute approximate surface area is 102 Å². The van der Waals surface area contributed by atoms with Crippen molar-refractivity contribution in [1.82, 2.24) is 5.48 Å². The van der Waals surface area contributed by atoms with E-state index < -0.39 is 0 Å². The third-order valence-electron chi connectivity index (χ3n) is 2.83. The lowest BCUT2D eigenvalue weighted by atomic mass is 9.96. The number of ether oxygens (including phenoxy) is 2. The summed E-state index contributed by atoms with van der Waals surface area (Å²) in [6.45, 7) is 6.25. The van der Waals surface area contributed by atoms with Crippen LogP contribution >= 0.6 is 0 Å². The predicted molar refractivity (Wildman–Crippen MR) is 65.4 cm³/mol. The molecule has 0 bridgehead atoms. The number of hydroxylamine groups is 1. The molecule has 0 amide bonds. The Hall–Kier alpha value is -1.26. The van der Waals surface area contributed by atoms with Crippen LogP contribution in [0.4, 0.5) is 0 Å². The van der Waals surface area contributed by atoms with Crippen molar-refractivity contribution >= 4 is 0 Å². The molecule has 94 valence electrons. The highest BCUT2D eigenvalue weighted by Crippen LogP contribution is 2.35. The summed E-state index contributed by atoms with van der Waals surface area (Å²) in [6.07, 6.45) is 0. The van der Waals surface area contributed by atoms with E-state index in [2.05, 4.69) is 25.4 Å². The first-order chi connectivity index (χ1) is 8.22. The van der Waals surface area contributed by atoms with Crippen molar-refractivity contribution in [1.29, 1.82) is 0 Å². The molecule has 0 spiro atoms. The molecule has 0 aromatic heterocycles. The molecule has 0 radical (unpaired) electrons. The third-order valence-corrected chi connectivity index (χ3v) is 2.83. The second-order valence-corrected chi connectivity index (χ2v) is 4.37. The van der Waals surface area contributed by atoms with E-state index in [0.29, 0.717) is 25.7 Å². The number of fused-ring (bicyclic) bond motifs is 1. The van der Waals surface area contributed by atoms with Crippen molar-refractivity contribution in [2.75, 3.05) is 20.3 Å². The molecule has 1 aliphatic rings. The Balaban J connectivity index is 2.33. The van der Waals surface area contributed by atoms with Crippen LogP contribution in [0, 0.1) is 0 Å². The van der Waals surface area contributed by atoms with Gasteiger partial charge in [-0.2, -0.15) is 5.48 Å². The van der Waals surface area contributed by atoms with Gasteiger partial charge in [-0.15, -0.1) is 0 Å². The Morgan fingerprint density at radius 3 is 2.47 bits per heavy atom. The topological polar surface area (TPSA) is 39.7 Å². The number of rotatable bonds is 4. The molecule has 1 aromatic carbocycles. The average molecular weight is 237 g/mol. The van der Waals surface area contributed by atoms with Crippen LogP contribution in [0.25, 0.3) is 0 Å². The molecule has 0 fully saturated rings. The highest BCUT2D eigenvalue weighted by molar-refractivity contribution is 5.49. The molecule has 4 nitrogen and oxygen atoms in total. The van der Waals surface area contributed by atoms with E-state index in [-0.39, 0.29) is 0 Å². The van der Waals surface area contributed by atoms with E-state index in [1.54, 1.807) is 7.11 Å². The minimum atomic E-state index is 0.444. The van der Waals surface area contributed by atoms with E-state index >= 15 is 0 Å². The van der Waals surface area contributed by atoms with Crippen molar-refractivity contribution < 1.29 is 14.3 Å². The summed E-state index contributed by atoms with van der Waals surface area (Å²) in [5, 5.41) is 0. The SMILES string of the molecule is CONCc1cc2c(cc1C(C)C)OCCO2. The second kappa shape index (κ2) is 5.38. The van der Waals surface area contributed by atoms with E-state index in [4.69, 9.17) is 14.3 Å². The van der Waals surface area contributed by atoms with Crippen LogP contribution in [0.5, 0.6) is 11.5 Å². The summed E-state index contributed by atoms with van der Waals surface area (Å²) in [5.74, 6) is 2.12. The van der Waals surface area contributed by atoms with Gasteiger partial charge in [0.1, 0.15) is 13.2 Å². The lowest BCUT2D eigenvalue weighted by molar-refractivity contribution is 0.0863. The van der Waals surface area contributed by atoms with E-state index in [1.165, 1.54) is 11.1 Å². The molecule has 0 atom stereocenters. The smallest absolute Gasteiger partial charge is 0.161 e. The molecule has 1 aliphatic heterocycles. The van der Waals surface area contributed by atoms with Crippen LogP contribution in [0.3, 0.4) is 0 Å². The first kappa shape index (κ1) is 12.2. The normalized spacial score (nSPS) is 14.1. The summed E-state index contributed by atoms with van der Waals surface area (Å²) < 4.78 is 11.2. The Bertz CT molecular complexity index is 390. The molecule has 1 N–H and O–H groups in total. The average Bonchev–Trinajstić information content (AvgIpc) is 2.35. The quantitative estimate of drug-likeness (QED) is 0.815. The summed E-state index contributed by atoms with van der Waals surface area (Å²) in [5.41, 5.74) is 5.32. The monoisotopic (exact) mass is 237 g/mol. The van der Waals surface area contributed by atoms with Crippen LogP contribution in [-0.4, -0.2) is 20.3 Å². The zero-order valence-corrected chi connectivity index (χ0v) is 10.6. The predicted octanol–water partition coefficient (Wildman–Crippen LogP) is 2.23. The summed E-state index contributed by atoms with van der Waals surface area (Å²) in [6, 6.07) is 4.11. The van der Waals surface area contributed by atoms with Gasteiger partial charge in [0.25, 0.3) is 0 Å². The molecular weight excluding hydrogens is 218 g/mol. The molecular formula is C13H19NO3. The Morgan fingerprint density at radius 2 is 1.88 bits per heavy atom. The first-order valence-electron chi connectivity index (χ1n) is 5.90. The lowest BCUT2D eigenvalue weighted by Crippen LogP contribution is -2.18. The minimum Gasteiger partial charge on any atom is -0.486 e. The van der Waals surface area contributed by atoms with Gasteiger partial charge in [0.2, 0.25) is 0 Å². The number of hydrogen-bond acceptors (Lipinski definition) is 4. The summed E-state index contributed by atoms with van der Waals surface area (Å²) in [7, 11) is 1.62. The zero-order valence-electron chi connectivity index (χ0n) is 10.6. The minimum absolute atomic E-state index is 0.444. The Kier molecular flexibility index (Phi) is 3.86. The first-order valence-corrected chi connectivity index (χ1v) is 5.90. The number of nitrogens with one attached hydrogen (secondary N) is 1. The van der Waals surface area contributed by atoms with Crippen molar-refractivity contribution in [2.45, 2.75) is 26.3 Å². The maximum atomic E-state index is 5.60. The molecule has 0 saturated carbocycles. The number of benzene rings is 1. The van der Waals surface area contributed by atoms with Crippen molar-refractivity contribution in [3.63, 3.8) is 0 Å². The van der Waals surface area contributed by atoms with E-state index in [9.17, 15) is 0 Å². The van der Waals surface area contributed by atoms with Crippen molar-refractivity contribution in [3.8, 4) is 11.5 Å². The van der Waals surface area contributed by atoms with Gasteiger partial charge in [0.15, 0.2) is 11.5 Å². The lowest BCUT2D eigenvalue weighted by Gasteiger charge is -2.22. The van der Waals surface area contributed by atoms with Crippen LogP contribution < -0.4 is 15.0 Å². The zero-order chi connectivity index (χ0) is 12.3. The standard InChI is InChI=1S/C13H19NO3/c1-9(2)11-7-13-12(16-4-5-17-13)6-10(11)8-14-15-3/h6-7,9,14H,4-5,8H2,1-3H3. The highest BCUT2D eigenvalue weighted by Gasteiger charge is 2.17. The summed E-state index contributed by atoms with van der Waals surface area (Å²) >= 11 is 0. The molecule has 1 heterocycles. The van der Waals surface area contributed by atoms with Crippen LogP contribution in [0.2, 0.25) is 0 Å². The molecule has 17 heavy (non-hydrogen) atoms. The van der Waals surface area contributed by atoms with Crippen LogP contribution in [0.15, 0.2) is 12.1 Å². The van der Waals surface area contributed by atoms with Gasteiger partial charge < -0.3 is 14.3 Å². The molecule has 1 aromatic rings. The number of hydrogen-bond donors (Lipinski definition) is 1. The van der Waals surface area contributed by atoms with E-state index in [1.807, 2.05) is 6.07 Å². The second-order valence-electron chi connectivity index (χ2n) is 4.37. The molecule has 2 rings (SSSR count). The van der Waals surface area contributed by atoms with E-state index in [0.717, 1.165) is 11.5 Å². The van der Waals surface area contributed by atoms with Gasteiger partial charge in [0, 0.05) is 6.54 Å². The van der Waals surface area contributed by atoms with Gasteiger partial charge in [0.05, 0.1) is 7.11 Å². The van der Waals surface area contributed by atoms with Gasteiger partial charge in [-0.25, -0.2) is 0 Å². The van der Waals surface area contributed by atoms with Crippen LogP contribution in [0.1, 0.15) is 30.9 Å². The van der Waals surface area contributed by atoms with Gasteiger partial charge >= 0.3 is 0 Å². The van der Waals surface area contributed by atoms with Gasteiger partial charge in [-0.05, 0) is 29.2 Å². The fourth-order valence-electron chi connectivity index (χ4n) is 1.99. The molecule has 0 saturated heterocycles. The van der Waals surface area contributed by atoms with Crippen LogP contribution in [-0.2, 0) is 11.4 Å². The largest absolute Gasteiger partial charge is 0.486 e.